The van der Waals surface area contributed by atoms with Crippen molar-refractivity contribution in [1.29, 1.82) is 0 Å². The topological polar surface area (TPSA) is 23.5 Å². The molecule has 2 heteroatoms. The highest BCUT2D eigenvalue weighted by molar-refractivity contribution is 4.78. The Labute approximate surface area is 75.6 Å². The van der Waals surface area contributed by atoms with Gasteiger partial charge < -0.3 is 10.0 Å². The Kier molecular flexibility index (Phi) is 4.02. The van der Waals surface area contributed by atoms with Crippen molar-refractivity contribution in [2.24, 2.45) is 0 Å². The fourth-order valence-corrected chi connectivity index (χ4v) is 2.04. The number of hydrogen-bond donors (Lipinski definition) is 1. The molecule has 2 atom stereocenters. The Morgan fingerprint density at radius 3 is 2.83 bits per heavy atom. The second kappa shape index (κ2) is 4.83. The number of aliphatic hydroxyl groups is 1. The number of hydrogen-bond acceptors (Lipinski definition) is 2. The molecule has 0 radical (unpaired) electrons. The monoisotopic (exact) mass is 171 g/mol. The van der Waals surface area contributed by atoms with Crippen molar-refractivity contribution in [1.82, 2.24) is 4.90 Å². The summed E-state index contributed by atoms with van der Waals surface area (Å²) in [5.41, 5.74) is 0. The van der Waals surface area contributed by atoms with Crippen LogP contribution in [0.15, 0.2) is 0 Å². The maximum absolute atomic E-state index is 9.74. The zero-order valence-corrected chi connectivity index (χ0v) is 8.29. The van der Waals surface area contributed by atoms with Crippen LogP contribution in [0, 0.1) is 0 Å². The Bertz CT molecular complexity index is 127. The summed E-state index contributed by atoms with van der Waals surface area (Å²) in [5, 5.41) is 9.74. The molecule has 72 valence electrons. The normalized spacial score (nSPS) is 29.8. The number of nitrogens with zero attached hydrogens (tertiary/aromatic N) is 1. The van der Waals surface area contributed by atoms with E-state index in [1.165, 1.54) is 25.7 Å². The molecule has 1 heterocycles. The summed E-state index contributed by atoms with van der Waals surface area (Å²) < 4.78 is 0. The predicted octanol–water partition coefficient (Wildman–Crippen LogP) is 1.63. The fraction of sp³-hybridized carbons (Fsp3) is 1.00. The van der Waals surface area contributed by atoms with E-state index in [1.54, 1.807) is 0 Å². The number of aliphatic hydroxyl groups excluding tert-OH is 1. The van der Waals surface area contributed by atoms with Gasteiger partial charge in [0.2, 0.25) is 0 Å². The van der Waals surface area contributed by atoms with Gasteiger partial charge in [-0.15, -0.1) is 0 Å². The summed E-state index contributed by atoms with van der Waals surface area (Å²) in [4.78, 5) is 2.32. The average molecular weight is 171 g/mol. The maximum Gasteiger partial charge on any atom is 0.0692 e. The van der Waals surface area contributed by atoms with Crippen LogP contribution in [0.25, 0.3) is 0 Å². The molecule has 0 bridgehead atoms. The zero-order chi connectivity index (χ0) is 8.97. The SMILES string of the molecule is CCC(O)C1CCCCCN1C. The van der Waals surface area contributed by atoms with Crippen molar-refractivity contribution in [3.8, 4) is 0 Å². The Morgan fingerprint density at radius 1 is 1.42 bits per heavy atom. The highest BCUT2D eigenvalue weighted by Crippen LogP contribution is 2.18. The third kappa shape index (κ3) is 2.46. The quantitative estimate of drug-likeness (QED) is 0.682. The minimum Gasteiger partial charge on any atom is -0.392 e. The first-order valence-electron chi connectivity index (χ1n) is 5.14. The van der Waals surface area contributed by atoms with Crippen LogP contribution in [0.4, 0.5) is 0 Å². The molecular formula is C10H21NO. The van der Waals surface area contributed by atoms with Gasteiger partial charge in [-0.3, -0.25) is 0 Å². The summed E-state index contributed by atoms with van der Waals surface area (Å²) in [7, 11) is 2.13. The Hall–Kier alpha value is -0.0800. The molecule has 1 saturated heterocycles. The molecule has 0 saturated carbocycles. The van der Waals surface area contributed by atoms with E-state index in [-0.39, 0.29) is 6.10 Å². The van der Waals surface area contributed by atoms with Gasteiger partial charge >= 0.3 is 0 Å². The molecule has 0 aromatic rings. The number of likely N-dealkylation sites (N-methyl/N-ethyl adjacent to an activating group) is 1. The van der Waals surface area contributed by atoms with E-state index in [9.17, 15) is 5.11 Å². The van der Waals surface area contributed by atoms with E-state index in [0.717, 1.165) is 13.0 Å². The average Bonchev–Trinajstić information content (AvgIpc) is 2.28. The third-order valence-corrected chi connectivity index (χ3v) is 2.94. The standard InChI is InChI=1S/C10H21NO/c1-3-10(12)9-7-5-4-6-8-11(9)2/h9-10,12H,3-8H2,1-2H3. The lowest BCUT2D eigenvalue weighted by Crippen LogP contribution is -2.40. The molecule has 1 fully saturated rings. The second-order valence-corrected chi connectivity index (χ2v) is 3.87. The van der Waals surface area contributed by atoms with Crippen LogP contribution in [0.1, 0.15) is 39.0 Å². The van der Waals surface area contributed by atoms with Crippen LogP contribution in [0.2, 0.25) is 0 Å². The fourth-order valence-electron chi connectivity index (χ4n) is 2.04. The molecule has 0 spiro atoms. The molecular weight excluding hydrogens is 150 g/mol. The molecule has 0 amide bonds. The van der Waals surface area contributed by atoms with E-state index in [2.05, 4.69) is 18.9 Å². The molecule has 1 rings (SSSR count). The minimum absolute atomic E-state index is 0.118. The van der Waals surface area contributed by atoms with Crippen LogP contribution in [0.3, 0.4) is 0 Å². The molecule has 0 aliphatic carbocycles. The largest absolute Gasteiger partial charge is 0.392 e. The van der Waals surface area contributed by atoms with Gasteiger partial charge in [-0.05, 0) is 32.9 Å². The van der Waals surface area contributed by atoms with Gasteiger partial charge in [0.1, 0.15) is 0 Å². The predicted molar refractivity (Wildman–Crippen MR) is 51.2 cm³/mol. The molecule has 0 aromatic carbocycles. The van der Waals surface area contributed by atoms with Crippen molar-refractivity contribution in [2.45, 2.75) is 51.2 Å². The summed E-state index contributed by atoms with van der Waals surface area (Å²) in [5.74, 6) is 0. The van der Waals surface area contributed by atoms with Crippen molar-refractivity contribution in [3.05, 3.63) is 0 Å². The highest BCUT2D eigenvalue weighted by Gasteiger charge is 2.23. The lowest BCUT2D eigenvalue weighted by atomic mass is 10.0. The lowest BCUT2D eigenvalue weighted by molar-refractivity contribution is 0.0608. The van der Waals surface area contributed by atoms with Crippen molar-refractivity contribution >= 4 is 0 Å². The minimum atomic E-state index is -0.118. The van der Waals surface area contributed by atoms with Crippen LogP contribution in [-0.4, -0.2) is 35.7 Å². The molecule has 2 unspecified atom stereocenters. The Balaban J connectivity index is 2.46. The second-order valence-electron chi connectivity index (χ2n) is 3.87. The van der Waals surface area contributed by atoms with E-state index in [4.69, 9.17) is 0 Å². The molecule has 1 aliphatic rings. The summed E-state index contributed by atoms with van der Waals surface area (Å²) in [6, 6.07) is 0.414. The van der Waals surface area contributed by atoms with Gasteiger partial charge in [-0.25, -0.2) is 0 Å². The molecule has 2 nitrogen and oxygen atoms in total. The zero-order valence-electron chi connectivity index (χ0n) is 8.29. The van der Waals surface area contributed by atoms with Gasteiger partial charge in [-0.2, -0.15) is 0 Å². The van der Waals surface area contributed by atoms with E-state index >= 15 is 0 Å². The van der Waals surface area contributed by atoms with Crippen LogP contribution in [0.5, 0.6) is 0 Å². The number of rotatable bonds is 2. The smallest absolute Gasteiger partial charge is 0.0692 e. The van der Waals surface area contributed by atoms with Gasteiger partial charge in [0, 0.05) is 6.04 Å². The summed E-state index contributed by atoms with van der Waals surface area (Å²) in [6.45, 7) is 3.21. The molecule has 1 N–H and O–H groups in total. The first kappa shape index (κ1) is 10.0. The Morgan fingerprint density at radius 2 is 2.17 bits per heavy atom. The van der Waals surface area contributed by atoms with Crippen molar-refractivity contribution in [3.63, 3.8) is 0 Å². The highest BCUT2D eigenvalue weighted by atomic mass is 16.3. The molecule has 1 aliphatic heterocycles. The van der Waals surface area contributed by atoms with Crippen LogP contribution >= 0.6 is 0 Å². The molecule has 12 heavy (non-hydrogen) atoms. The first-order valence-corrected chi connectivity index (χ1v) is 5.14. The molecule has 0 aromatic heterocycles. The van der Waals surface area contributed by atoms with Gasteiger partial charge in [-0.1, -0.05) is 19.8 Å². The van der Waals surface area contributed by atoms with Gasteiger partial charge in [0.05, 0.1) is 6.10 Å². The lowest BCUT2D eigenvalue weighted by Gasteiger charge is -2.29. The van der Waals surface area contributed by atoms with E-state index in [1.807, 2.05) is 0 Å². The van der Waals surface area contributed by atoms with Crippen molar-refractivity contribution < 1.29 is 5.11 Å². The first-order chi connectivity index (χ1) is 5.75. The van der Waals surface area contributed by atoms with Crippen LogP contribution < -0.4 is 0 Å². The van der Waals surface area contributed by atoms with E-state index < -0.39 is 0 Å². The third-order valence-electron chi connectivity index (χ3n) is 2.94. The number of likely N-dealkylation sites (tertiary alicyclic amines) is 1. The van der Waals surface area contributed by atoms with Crippen LogP contribution in [-0.2, 0) is 0 Å². The van der Waals surface area contributed by atoms with Crippen molar-refractivity contribution in [2.75, 3.05) is 13.6 Å². The van der Waals surface area contributed by atoms with Gasteiger partial charge in [0.25, 0.3) is 0 Å². The maximum atomic E-state index is 9.74. The van der Waals surface area contributed by atoms with Gasteiger partial charge in [0.15, 0.2) is 0 Å². The summed E-state index contributed by atoms with van der Waals surface area (Å²) in [6.07, 6.45) is 5.85. The summed E-state index contributed by atoms with van der Waals surface area (Å²) >= 11 is 0. The van der Waals surface area contributed by atoms with E-state index in [0.29, 0.717) is 6.04 Å².